The zero-order chi connectivity index (χ0) is 42.0. The fraction of sp³-hybridized carbons (Fsp3) is 0.154. The van der Waals surface area contributed by atoms with Gasteiger partial charge in [-0.1, -0.05) is 0 Å². The van der Waals surface area contributed by atoms with Crippen molar-refractivity contribution >= 4 is 53.7 Å². The summed E-state index contributed by atoms with van der Waals surface area (Å²) in [6, 6.07) is 12.7. The second-order valence-electron chi connectivity index (χ2n) is 11.2. The minimum absolute atomic E-state index is 0.203. The van der Waals surface area contributed by atoms with Crippen LogP contribution in [0.4, 0.5) is 0 Å². The van der Waals surface area contributed by atoms with Crippen molar-refractivity contribution in [3.05, 3.63) is 123 Å². The Morgan fingerprint density at radius 3 is 0.526 bits per heavy atom. The van der Waals surface area contributed by atoms with E-state index in [1.165, 1.54) is 0 Å². The Morgan fingerprint density at radius 2 is 0.386 bits per heavy atom. The molecule has 18 heteroatoms. The molecule has 0 saturated carbocycles. The molecule has 0 radical (unpaired) electrons. The number of esters is 9. The molecule has 0 aromatic heterocycles. The van der Waals surface area contributed by atoms with Crippen molar-refractivity contribution in [3.63, 3.8) is 0 Å². The van der Waals surface area contributed by atoms with Gasteiger partial charge in [0.05, 0.1) is 92.7 Å². The lowest BCUT2D eigenvalue weighted by atomic mass is 10.0. The smallest absolute Gasteiger partial charge is 0.343 e. The molecule has 0 aliphatic carbocycles. The van der Waals surface area contributed by atoms with Crippen molar-refractivity contribution in [2.45, 2.75) is 0 Å². The molecule has 0 saturated heterocycles. The molecule has 18 nitrogen and oxygen atoms in total. The predicted octanol–water partition coefficient (Wildman–Crippen LogP) is 4.06. The summed E-state index contributed by atoms with van der Waals surface area (Å²) in [6.07, 6.45) is 0. The van der Waals surface area contributed by atoms with Crippen molar-refractivity contribution < 1.29 is 85.8 Å². The first-order chi connectivity index (χ1) is 27.1. The summed E-state index contributed by atoms with van der Waals surface area (Å²) in [5.41, 5.74) is -2.69. The summed E-state index contributed by atoms with van der Waals surface area (Å²) < 4.78 is 44.5. The third kappa shape index (κ3) is 10.2. The van der Waals surface area contributed by atoms with E-state index in [9.17, 15) is 43.2 Å². The summed E-state index contributed by atoms with van der Waals surface area (Å²) >= 11 is 0. The molecule has 0 bridgehead atoms. The lowest BCUT2D eigenvalue weighted by molar-refractivity contribution is 0.0579. The van der Waals surface area contributed by atoms with Gasteiger partial charge in [0, 0.05) is 0 Å². The first kappa shape index (κ1) is 41.9. The highest BCUT2D eigenvalue weighted by Crippen LogP contribution is 2.25. The summed E-state index contributed by atoms with van der Waals surface area (Å²) in [6.45, 7) is 0. The van der Waals surface area contributed by atoms with Gasteiger partial charge in [0.1, 0.15) is 17.2 Å². The van der Waals surface area contributed by atoms with Gasteiger partial charge in [0.15, 0.2) is 0 Å². The van der Waals surface area contributed by atoms with E-state index in [1.807, 2.05) is 0 Å². The van der Waals surface area contributed by atoms with E-state index in [1.54, 1.807) is 0 Å². The van der Waals surface area contributed by atoms with Crippen LogP contribution in [-0.2, 0) is 28.4 Å². The van der Waals surface area contributed by atoms with Crippen LogP contribution in [0.3, 0.4) is 0 Å². The first-order valence-electron chi connectivity index (χ1n) is 15.9. The fourth-order valence-corrected chi connectivity index (χ4v) is 4.87. The van der Waals surface area contributed by atoms with Gasteiger partial charge in [-0.25, -0.2) is 43.2 Å². The maximum absolute atomic E-state index is 13.6. The fourth-order valence-electron chi connectivity index (χ4n) is 4.87. The Bertz CT molecular complexity index is 1950. The zero-order valence-corrected chi connectivity index (χ0v) is 30.8. The van der Waals surface area contributed by atoms with Crippen molar-refractivity contribution in [2.24, 2.45) is 0 Å². The lowest BCUT2D eigenvalue weighted by Crippen LogP contribution is -2.18. The Morgan fingerprint density at radius 1 is 0.246 bits per heavy atom. The van der Waals surface area contributed by atoms with Crippen LogP contribution >= 0.6 is 0 Å². The van der Waals surface area contributed by atoms with Crippen LogP contribution in [0.25, 0.3) is 0 Å². The highest BCUT2D eigenvalue weighted by Gasteiger charge is 2.24. The molecular weight excluding hydrogens is 756 g/mol. The van der Waals surface area contributed by atoms with Gasteiger partial charge < -0.3 is 42.6 Å². The van der Waals surface area contributed by atoms with Gasteiger partial charge in [-0.05, 0) is 72.8 Å². The third-order valence-corrected chi connectivity index (χ3v) is 7.52. The minimum Gasteiger partial charge on any atom is -0.465 e. The SMILES string of the molecule is COC(=O)c1cc(OC(=O)c2cc(C(=O)Oc3cc(C(=O)OC)cc(C(=O)OC)c3)cc(C(=O)Oc3cc(C(=O)OC)cc(C(=O)OC)c3)c2)cc(C(=O)OC)c1. The van der Waals surface area contributed by atoms with Gasteiger partial charge in [0.25, 0.3) is 0 Å². The van der Waals surface area contributed by atoms with Gasteiger partial charge in [-0.2, -0.15) is 0 Å². The standard InChI is InChI=1S/C39H30O18/c1-49-31(40)22-10-23(32(41)50-2)14-28(13-22)55-37(46)19-7-20(38(47)56-29-15-24(33(42)51-3)11-25(16-29)34(43)52-4)9-21(8-19)39(48)57-30-17-26(35(44)53-5)12-27(18-30)36(45)54-6/h7-18H,1-6H3. The monoisotopic (exact) mass is 786 g/mol. The van der Waals surface area contributed by atoms with Crippen LogP contribution < -0.4 is 14.2 Å². The molecule has 4 aromatic rings. The minimum atomic E-state index is -1.24. The Balaban J connectivity index is 1.82. The van der Waals surface area contributed by atoms with E-state index < -0.39 is 70.4 Å². The van der Waals surface area contributed by atoms with E-state index in [0.29, 0.717) is 0 Å². The Hall–Kier alpha value is -7.89. The maximum Gasteiger partial charge on any atom is 0.343 e. The highest BCUT2D eigenvalue weighted by molar-refractivity contribution is 6.03. The largest absolute Gasteiger partial charge is 0.465 e. The zero-order valence-electron chi connectivity index (χ0n) is 30.8. The molecule has 0 unspecified atom stereocenters. The van der Waals surface area contributed by atoms with Gasteiger partial charge in [-0.3, -0.25) is 0 Å². The summed E-state index contributed by atoms with van der Waals surface area (Å²) in [7, 11) is 6.46. The molecule has 57 heavy (non-hydrogen) atoms. The second kappa shape index (κ2) is 18.4. The molecule has 4 aromatic carbocycles. The summed E-state index contributed by atoms with van der Waals surface area (Å²) in [4.78, 5) is 115. The number of rotatable bonds is 12. The number of carbonyl (C=O) groups excluding carboxylic acids is 9. The average molecular weight is 787 g/mol. The molecule has 0 spiro atoms. The Kier molecular flexibility index (Phi) is 13.5. The molecule has 0 heterocycles. The van der Waals surface area contributed by atoms with E-state index in [-0.39, 0.29) is 50.6 Å². The quantitative estimate of drug-likeness (QED) is 0.112. The average Bonchev–Trinajstić information content (AvgIpc) is 3.23. The van der Waals surface area contributed by atoms with Crippen LogP contribution in [0.2, 0.25) is 0 Å². The van der Waals surface area contributed by atoms with Crippen molar-refractivity contribution in [3.8, 4) is 17.2 Å². The van der Waals surface area contributed by atoms with Gasteiger partial charge in [0.2, 0.25) is 0 Å². The van der Waals surface area contributed by atoms with Gasteiger partial charge >= 0.3 is 53.7 Å². The summed E-state index contributed by atoms with van der Waals surface area (Å²) in [5.74, 6) is -10.2. The van der Waals surface area contributed by atoms with Crippen molar-refractivity contribution in [2.75, 3.05) is 42.7 Å². The van der Waals surface area contributed by atoms with Crippen molar-refractivity contribution in [1.29, 1.82) is 0 Å². The number of ether oxygens (including phenoxy) is 9. The Labute approximate surface area is 322 Å². The van der Waals surface area contributed by atoms with Crippen molar-refractivity contribution in [1.82, 2.24) is 0 Å². The van der Waals surface area contributed by atoms with Crippen LogP contribution in [0.15, 0.2) is 72.8 Å². The number of methoxy groups -OCH3 is 6. The molecule has 0 aliphatic heterocycles. The normalized spacial score (nSPS) is 10.2. The van der Waals surface area contributed by atoms with E-state index >= 15 is 0 Å². The van der Waals surface area contributed by atoms with Crippen LogP contribution in [-0.4, -0.2) is 96.4 Å². The number of benzene rings is 4. The molecule has 294 valence electrons. The molecular formula is C39H30O18. The van der Waals surface area contributed by atoms with Gasteiger partial charge in [-0.15, -0.1) is 0 Å². The van der Waals surface area contributed by atoms with E-state index in [4.69, 9.17) is 42.6 Å². The number of hydrogen-bond acceptors (Lipinski definition) is 18. The lowest BCUT2D eigenvalue weighted by Gasteiger charge is -2.13. The molecule has 0 fully saturated rings. The van der Waals surface area contributed by atoms with Crippen LogP contribution in [0, 0.1) is 0 Å². The highest BCUT2D eigenvalue weighted by atomic mass is 16.6. The predicted molar refractivity (Wildman–Crippen MR) is 189 cm³/mol. The van der Waals surface area contributed by atoms with Crippen LogP contribution in [0.5, 0.6) is 17.2 Å². The number of carbonyl (C=O) groups is 9. The molecule has 4 rings (SSSR count). The molecule has 0 amide bonds. The number of hydrogen-bond donors (Lipinski definition) is 0. The van der Waals surface area contributed by atoms with E-state index in [2.05, 4.69) is 0 Å². The molecule has 0 atom stereocenters. The maximum atomic E-state index is 13.6. The third-order valence-electron chi connectivity index (χ3n) is 7.52. The first-order valence-corrected chi connectivity index (χ1v) is 15.9. The van der Waals surface area contributed by atoms with Crippen LogP contribution in [0.1, 0.15) is 93.2 Å². The van der Waals surface area contributed by atoms with E-state index in [0.717, 1.165) is 115 Å². The molecule has 0 N–H and O–H groups in total. The summed E-state index contributed by atoms with van der Waals surface area (Å²) in [5, 5.41) is 0. The topological polar surface area (TPSA) is 237 Å². The second-order valence-corrected chi connectivity index (χ2v) is 11.2. The molecule has 0 aliphatic rings.